The Hall–Kier alpha value is -1.40. The number of carbonyl (C=O) groups excluding carboxylic acids is 1. The molecule has 1 spiro atoms. The van der Waals surface area contributed by atoms with Gasteiger partial charge in [0.1, 0.15) is 0 Å². The number of rotatable bonds is 2. The van der Waals surface area contributed by atoms with Crippen molar-refractivity contribution in [2.75, 3.05) is 19.8 Å². The van der Waals surface area contributed by atoms with E-state index in [1.165, 1.54) is 6.42 Å². The van der Waals surface area contributed by atoms with Gasteiger partial charge in [0.15, 0.2) is 5.69 Å². The fourth-order valence-corrected chi connectivity index (χ4v) is 4.77. The summed E-state index contributed by atoms with van der Waals surface area (Å²) in [5.74, 6) is 0.0925. The molecule has 2 atom stereocenters. The molecule has 3 aliphatic rings. The number of fused-ring (bicyclic) bond motifs is 1. The zero-order valence-corrected chi connectivity index (χ0v) is 15.6. The molecule has 4 rings (SSSR count). The standard InChI is InChI=1S/C19H29N3O3/c1-4-22-17-14(3)25-13(2)12-15(17)16(20-22)18(23)21-9-11-24-10-8-19(21)6-5-7-19/h13-14H,4-12H2,1-3H3/t13-,14+/m1/s1. The van der Waals surface area contributed by atoms with Gasteiger partial charge >= 0.3 is 0 Å². The summed E-state index contributed by atoms with van der Waals surface area (Å²) in [6.07, 6.45) is 5.20. The summed E-state index contributed by atoms with van der Waals surface area (Å²) in [5, 5.41) is 4.73. The maximum atomic E-state index is 13.5. The smallest absolute Gasteiger partial charge is 0.275 e. The first-order chi connectivity index (χ1) is 12.1. The van der Waals surface area contributed by atoms with Crippen molar-refractivity contribution in [3.63, 3.8) is 0 Å². The third kappa shape index (κ3) is 2.70. The largest absolute Gasteiger partial charge is 0.380 e. The molecule has 2 fully saturated rings. The molecule has 6 nitrogen and oxygen atoms in total. The third-order valence-corrected chi connectivity index (χ3v) is 6.18. The molecule has 1 aromatic heterocycles. The Morgan fingerprint density at radius 2 is 2.08 bits per heavy atom. The Bertz CT molecular complexity index is 665. The molecule has 1 aromatic rings. The second kappa shape index (κ2) is 6.40. The first-order valence-corrected chi connectivity index (χ1v) is 9.70. The van der Waals surface area contributed by atoms with Gasteiger partial charge in [-0.25, -0.2) is 0 Å². The highest BCUT2D eigenvalue weighted by atomic mass is 16.5. The van der Waals surface area contributed by atoms with Gasteiger partial charge in [0, 0.05) is 37.2 Å². The first-order valence-electron chi connectivity index (χ1n) is 9.70. The lowest BCUT2D eigenvalue weighted by atomic mass is 9.73. The van der Waals surface area contributed by atoms with Crippen molar-refractivity contribution in [3.8, 4) is 0 Å². The molecule has 6 heteroatoms. The minimum absolute atomic E-state index is 0.00113. The van der Waals surface area contributed by atoms with Gasteiger partial charge in [-0.05, 0) is 46.5 Å². The van der Waals surface area contributed by atoms with Crippen LogP contribution < -0.4 is 0 Å². The molecular formula is C19H29N3O3. The Kier molecular flexibility index (Phi) is 4.36. The summed E-state index contributed by atoms with van der Waals surface area (Å²) in [7, 11) is 0. The number of amides is 1. The predicted octanol–water partition coefficient (Wildman–Crippen LogP) is 2.71. The van der Waals surface area contributed by atoms with Crippen LogP contribution in [0.25, 0.3) is 0 Å². The van der Waals surface area contributed by atoms with Crippen LogP contribution >= 0.6 is 0 Å². The molecule has 3 heterocycles. The van der Waals surface area contributed by atoms with Crippen molar-refractivity contribution < 1.29 is 14.3 Å². The van der Waals surface area contributed by atoms with Crippen LogP contribution in [0.2, 0.25) is 0 Å². The van der Waals surface area contributed by atoms with Crippen molar-refractivity contribution >= 4 is 5.91 Å². The molecule has 1 saturated heterocycles. The molecule has 1 saturated carbocycles. The second-order valence-electron chi connectivity index (χ2n) is 7.72. The van der Waals surface area contributed by atoms with Gasteiger partial charge in [-0.3, -0.25) is 9.48 Å². The van der Waals surface area contributed by atoms with Crippen molar-refractivity contribution in [2.45, 2.75) is 77.2 Å². The number of ether oxygens (including phenoxy) is 2. The van der Waals surface area contributed by atoms with Gasteiger partial charge < -0.3 is 14.4 Å². The SMILES string of the molecule is CCn1nc(C(=O)N2CCOCCC23CCC3)c2c1[C@H](C)O[C@H](C)C2. The van der Waals surface area contributed by atoms with E-state index in [4.69, 9.17) is 14.6 Å². The summed E-state index contributed by atoms with van der Waals surface area (Å²) in [4.78, 5) is 15.6. The summed E-state index contributed by atoms with van der Waals surface area (Å²) >= 11 is 0. The molecule has 0 unspecified atom stereocenters. The Balaban J connectivity index is 1.72. The topological polar surface area (TPSA) is 56.6 Å². The summed E-state index contributed by atoms with van der Waals surface area (Å²) < 4.78 is 13.6. The maximum absolute atomic E-state index is 13.5. The highest BCUT2D eigenvalue weighted by Gasteiger charge is 2.47. The number of aromatic nitrogens is 2. The normalized spacial score (nSPS) is 28.4. The summed E-state index contributed by atoms with van der Waals surface area (Å²) in [5.41, 5.74) is 2.82. The summed E-state index contributed by atoms with van der Waals surface area (Å²) in [6.45, 7) is 9.01. The van der Waals surface area contributed by atoms with Gasteiger partial charge in [0.2, 0.25) is 0 Å². The van der Waals surface area contributed by atoms with E-state index in [2.05, 4.69) is 25.7 Å². The molecule has 1 amide bonds. The summed E-state index contributed by atoms with van der Waals surface area (Å²) in [6, 6.07) is 0. The Morgan fingerprint density at radius 1 is 1.28 bits per heavy atom. The molecule has 0 aromatic carbocycles. The highest BCUT2D eigenvalue weighted by Crippen LogP contribution is 2.43. The van der Waals surface area contributed by atoms with Crippen molar-refractivity contribution in [1.82, 2.24) is 14.7 Å². The van der Waals surface area contributed by atoms with E-state index in [-0.39, 0.29) is 23.7 Å². The molecule has 0 bridgehead atoms. The number of hydrogen-bond acceptors (Lipinski definition) is 4. The van der Waals surface area contributed by atoms with Crippen LogP contribution in [0.5, 0.6) is 0 Å². The molecule has 2 aliphatic heterocycles. The van der Waals surface area contributed by atoms with Crippen molar-refractivity contribution in [2.24, 2.45) is 0 Å². The monoisotopic (exact) mass is 347 g/mol. The molecule has 138 valence electrons. The van der Waals surface area contributed by atoms with Crippen LogP contribution in [0, 0.1) is 0 Å². The maximum Gasteiger partial charge on any atom is 0.275 e. The van der Waals surface area contributed by atoms with E-state index in [9.17, 15) is 4.79 Å². The minimum Gasteiger partial charge on any atom is -0.380 e. The molecule has 0 radical (unpaired) electrons. The predicted molar refractivity (Wildman–Crippen MR) is 93.6 cm³/mol. The average Bonchev–Trinajstić information content (AvgIpc) is 2.76. The van der Waals surface area contributed by atoms with Gasteiger partial charge in [-0.1, -0.05) is 0 Å². The quantitative estimate of drug-likeness (QED) is 0.825. The minimum atomic E-state index is -0.0159. The molecular weight excluding hydrogens is 318 g/mol. The first kappa shape index (κ1) is 17.0. The van der Waals surface area contributed by atoms with Gasteiger partial charge in [-0.15, -0.1) is 0 Å². The number of carbonyl (C=O) groups is 1. The van der Waals surface area contributed by atoms with Gasteiger partial charge in [-0.2, -0.15) is 5.10 Å². The van der Waals surface area contributed by atoms with E-state index in [1.54, 1.807) is 0 Å². The highest BCUT2D eigenvalue weighted by molar-refractivity contribution is 5.95. The number of aryl methyl sites for hydroxylation is 1. The van der Waals surface area contributed by atoms with Crippen molar-refractivity contribution in [1.29, 1.82) is 0 Å². The van der Waals surface area contributed by atoms with Crippen LogP contribution in [0.3, 0.4) is 0 Å². The van der Waals surface area contributed by atoms with E-state index >= 15 is 0 Å². The number of nitrogens with zero attached hydrogens (tertiary/aromatic N) is 3. The van der Waals surface area contributed by atoms with Gasteiger partial charge in [0.25, 0.3) is 5.91 Å². The molecule has 0 N–H and O–H groups in total. The van der Waals surface area contributed by atoms with Crippen LogP contribution in [0.15, 0.2) is 0 Å². The van der Waals surface area contributed by atoms with Crippen LogP contribution in [0.4, 0.5) is 0 Å². The van der Waals surface area contributed by atoms with E-state index in [1.807, 2.05) is 4.68 Å². The second-order valence-corrected chi connectivity index (χ2v) is 7.72. The van der Waals surface area contributed by atoms with E-state index in [0.717, 1.165) is 50.1 Å². The fraction of sp³-hybridized carbons (Fsp3) is 0.789. The zero-order chi connectivity index (χ0) is 17.6. The van der Waals surface area contributed by atoms with Crippen LogP contribution in [-0.4, -0.2) is 52.0 Å². The molecule has 25 heavy (non-hydrogen) atoms. The lowest BCUT2D eigenvalue weighted by molar-refractivity contribution is -0.00969. The third-order valence-electron chi connectivity index (χ3n) is 6.18. The molecule has 1 aliphatic carbocycles. The zero-order valence-electron chi connectivity index (χ0n) is 15.6. The van der Waals surface area contributed by atoms with Gasteiger partial charge in [0.05, 0.1) is 24.5 Å². The van der Waals surface area contributed by atoms with Crippen LogP contribution in [0.1, 0.15) is 74.3 Å². The Morgan fingerprint density at radius 3 is 2.76 bits per heavy atom. The van der Waals surface area contributed by atoms with E-state index < -0.39 is 0 Å². The number of hydrogen-bond donors (Lipinski definition) is 0. The lowest BCUT2D eigenvalue weighted by Crippen LogP contribution is -2.56. The van der Waals surface area contributed by atoms with E-state index in [0.29, 0.717) is 18.8 Å². The average molecular weight is 347 g/mol. The fourth-order valence-electron chi connectivity index (χ4n) is 4.77. The Labute approximate surface area is 149 Å². The lowest BCUT2D eigenvalue weighted by Gasteiger charge is -2.49. The van der Waals surface area contributed by atoms with Crippen LogP contribution in [-0.2, 0) is 22.4 Å². The van der Waals surface area contributed by atoms with Crippen molar-refractivity contribution in [3.05, 3.63) is 17.0 Å².